The molecule has 0 bridgehead atoms. The summed E-state index contributed by atoms with van der Waals surface area (Å²) in [5.74, 6) is 5.80. The van der Waals surface area contributed by atoms with Gasteiger partial charge in [0.2, 0.25) is 0 Å². The van der Waals surface area contributed by atoms with E-state index in [1.165, 1.54) is 6.26 Å². The van der Waals surface area contributed by atoms with Gasteiger partial charge in [-0.15, -0.1) is 0 Å². The number of oxazole rings is 1. The molecule has 0 N–H and O–H groups in total. The molecule has 0 spiro atoms. The molecule has 1 rings (SSSR count). The largest absolute Gasteiger partial charge is 0.439 e. The Labute approximate surface area is 75.0 Å². The molecule has 0 saturated heterocycles. The minimum Gasteiger partial charge on any atom is -0.439 e. The monoisotopic (exact) mass is 167 g/mol. The second kappa shape index (κ2) is 12.4. The van der Waals surface area contributed by atoms with Crippen molar-refractivity contribution in [3.8, 4) is 11.8 Å². The second-order valence-electron chi connectivity index (χ2n) is 1.21. The first-order valence-electron chi connectivity index (χ1n) is 4.25. The molecule has 2 heteroatoms. The number of rotatable bonds is 0. The summed E-state index contributed by atoms with van der Waals surface area (Å²) in [6, 6.07) is 0. The lowest BCUT2D eigenvalue weighted by molar-refractivity contribution is 0.543. The van der Waals surface area contributed by atoms with Gasteiger partial charge in [0.25, 0.3) is 5.89 Å². The van der Waals surface area contributed by atoms with Gasteiger partial charge in [-0.1, -0.05) is 33.6 Å². The van der Waals surface area contributed by atoms with Crippen LogP contribution in [0.1, 0.15) is 40.5 Å². The average Bonchev–Trinajstić information content (AvgIpc) is 2.65. The van der Waals surface area contributed by atoms with Crippen LogP contribution < -0.4 is 0 Å². The minimum atomic E-state index is 0.479. The van der Waals surface area contributed by atoms with E-state index < -0.39 is 0 Å². The molecule has 0 unspecified atom stereocenters. The van der Waals surface area contributed by atoms with Gasteiger partial charge in [0.1, 0.15) is 6.26 Å². The Hall–Kier alpha value is -1.23. The zero-order chi connectivity index (χ0) is 9.82. The summed E-state index contributed by atoms with van der Waals surface area (Å²) in [6.07, 6.45) is 3.07. The van der Waals surface area contributed by atoms with Gasteiger partial charge < -0.3 is 4.42 Å². The lowest BCUT2D eigenvalue weighted by atomic mass is 10.6. The van der Waals surface area contributed by atoms with Crippen molar-refractivity contribution in [3.63, 3.8) is 0 Å². The van der Waals surface area contributed by atoms with Gasteiger partial charge in [0.15, 0.2) is 0 Å². The summed E-state index contributed by atoms with van der Waals surface area (Å²) in [6.45, 7) is 9.74. The SMILES string of the molecule is CC.CC.CC#Cc1ncco1. The van der Waals surface area contributed by atoms with Crippen LogP contribution in [0.3, 0.4) is 0 Å². The van der Waals surface area contributed by atoms with Crippen LogP contribution in [0.4, 0.5) is 0 Å². The molecule has 0 aliphatic heterocycles. The van der Waals surface area contributed by atoms with E-state index in [0.717, 1.165) is 0 Å². The Morgan fingerprint density at radius 2 is 1.83 bits per heavy atom. The number of hydrogen-bond acceptors (Lipinski definition) is 2. The topological polar surface area (TPSA) is 26.0 Å². The van der Waals surface area contributed by atoms with Crippen LogP contribution in [0.2, 0.25) is 0 Å². The van der Waals surface area contributed by atoms with E-state index in [1.807, 2.05) is 27.7 Å². The quantitative estimate of drug-likeness (QED) is 0.555. The fourth-order valence-electron chi connectivity index (χ4n) is 0.392. The van der Waals surface area contributed by atoms with E-state index in [0.29, 0.717) is 5.89 Å². The molecular weight excluding hydrogens is 150 g/mol. The van der Waals surface area contributed by atoms with Gasteiger partial charge in [-0.05, 0) is 12.8 Å². The molecule has 0 atom stereocenters. The van der Waals surface area contributed by atoms with Gasteiger partial charge in [-0.2, -0.15) is 0 Å². The van der Waals surface area contributed by atoms with Gasteiger partial charge in [-0.3, -0.25) is 0 Å². The molecular formula is C10H17NO. The summed E-state index contributed by atoms with van der Waals surface area (Å²) in [5, 5.41) is 0. The zero-order valence-electron chi connectivity index (χ0n) is 8.51. The van der Waals surface area contributed by atoms with Crippen LogP contribution in [-0.4, -0.2) is 4.98 Å². The van der Waals surface area contributed by atoms with Crippen LogP contribution in [0.5, 0.6) is 0 Å². The average molecular weight is 167 g/mol. The molecule has 2 nitrogen and oxygen atoms in total. The van der Waals surface area contributed by atoms with E-state index >= 15 is 0 Å². The highest BCUT2D eigenvalue weighted by Gasteiger charge is 1.83. The van der Waals surface area contributed by atoms with Crippen molar-refractivity contribution in [2.24, 2.45) is 0 Å². The van der Waals surface area contributed by atoms with Gasteiger partial charge >= 0.3 is 0 Å². The van der Waals surface area contributed by atoms with Gasteiger partial charge in [-0.25, -0.2) is 4.98 Å². The molecule has 1 aromatic rings. The molecule has 0 aromatic carbocycles. The van der Waals surface area contributed by atoms with Gasteiger partial charge in [0.05, 0.1) is 6.20 Å². The highest BCUT2D eigenvalue weighted by atomic mass is 16.3. The molecule has 0 aliphatic rings. The fraction of sp³-hybridized carbons (Fsp3) is 0.500. The van der Waals surface area contributed by atoms with Crippen LogP contribution in [0.15, 0.2) is 16.9 Å². The number of nitrogens with zero attached hydrogens (tertiary/aromatic N) is 1. The molecule has 0 fully saturated rings. The lowest BCUT2D eigenvalue weighted by Crippen LogP contribution is -1.66. The number of hydrogen-bond donors (Lipinski definition) is 0. The first-order chi connectivity index (χ1) is 5.93. The first-order valence-corrected chi connectivity index (χ1v) is 4.25. The minimum absolute atomic E-state index is 0.479. The fourth-order valence-corrected chi connectivity index (χ4v) is 0.392. The lowest BCUT2D eigenvalue weighted by Gasteiger charge is -1.69. The highest BCUT2D eigenvalue weighted by Crippen LogP contribution is 1.88. The van der Waals surface area contributed by atoms with Crippen molar-refractivity contribution in [3.05, 3.63) is 18.4 Å². The van der Waals surface area contributed by atoms with Crippen LogP contribution in [0, 0.1) is 11.8 Å². The Kier molecular flexibility index (Phi) is 13.9. The summed E-state index contributed by atoms with van der Waals surface area (Å²) in [4.78, 5) is 3.77. The highest BCUT2D eigenvalue weighted by molar-refractivity contribution is 5.15. The van der Waals surface area contributed by atoms with Crippen molar-refractivity contribution in [1.82, 2.24) is 4.98 Å². The van der Waals surface area contributed by atoms with E-state index in [2.05, 4.69) is 16.8 Å². The molecule has 0 amide bonds. The zero-order valence-corrected chi connectivity index (χ0v) is 8.51. The summed E-state index contributed by atoms with van der Waals surface area (Å²) < 4.78 is 4.79. The Balaban J connectivity index is 0. The first kappa shape index (κ1) is 13.4. The molecule has 68 valence electrons. The summed E-state index contributed by atoms with van der Waals surface area (Å²) in [7, 11) is 0. The smallest absolute Gasteiger partial charge is 0.273 e. The Morgan fingerprint density at radius 1 is 1.25 bits per heavy atom. The maximum absolute atomic E-state index is 4.79. The molecule has 1 aromatic heterocycles. The normalized spacial score (nSPS) is 6.08. The maximum Gasteiger partial charge on any atom is 0.273 e. The Morgan fingerprint density at radius 3 is 2.17 bits per heavy atom. The standard InChI is InChI=1S/C6H5NO.2C2H6/c1-2-3-6-7-4-5-8-6;2*1-2/h4-5H,1H3;2*1-2H3. The van der Waals surface area contributed by atoms with Crippen LogP contribution in [-0.2, 0) is 0 Å². The van der Waals surface area contributed by atoms with Gasteiger partial charge in [0, 0.05) is 0 Å². The predicted molar refractivity (Wildman–Crippen MR) is 51.8 cm³/mol. The third-order valence-corrected chi connectivity index (χ3v) is 0.664. The molecule has 1 heterocycles. The summed E-state index contributed by atoms with van der Waals surface area (Å²) >= 11 is 0. The van der Waals surface area contributed by atoms with E-state index in [-0.39, 0.29) is 0 Å². The molecule has 12 heavy (non-hydrogen) atoms. The van der Waals surface area contributed by atoms with Crippen molar-refractivity contribution >= 4 is 0 Å². The predicted octanol–water partition coefficient (Wildman–Crippen LogP) is 3.10. The van der Waals surface area contributed by atoms with Crippen molar-refractivity contribution in [2.75, 3.05) is 0 Å². The third-order valence-electron chi connectivity index (χ3n) is 0.664. The maximum atomic E-state index is 4.79. The molecule has 0 aliphatic carbocycles. The van der Waals surface area contributed by atoms with Crippen LogP contribution >= 0.6 is 0 Å². The van der Waals surface area contributed by atoms with Crippen molar-refractivity contribution in [2.45, 2.75) is 34.6 Å². The van der Waals surface area contributed by atoms with Crippen molar-refractivity contribution < 1.29 is 4.42 Å². The molecule has 0 saturated carbocycles. The number of aromatic nitrogens is 1. The molecule has 0 radical (unpaired) electrons. The second-order valence-corrected chi connectivity index (χ2v) is 1.21. The third kappa shape index (κ3) is 6.88. The van der Waals surface area contributed by atoms with E-state index in [4.69, 9.17) is 4.42 Å². The van der Waals surface area contributed by atoms with Crippen LogP contribution in [0.25, 0.3) is 0 Å². The Bertz CT molecular complexity index is 203. The van der Waals surface area contributed by atoms with Crippen molar-refractivity contribution in [1.29, 1.82) is 0 Å². The summed E-state index contributed by atoms with van der Waals surface area (Å²) in [5.41, 5.74) is 0. The van der Waals surface area contributed by atoms with E-state index in [1.54, 1.807) is 13.1 Å². The van der Waals surface area contributed by atoms with E-state index in [9.17, 15) is 0 Å².